The van der Waals surface area contributed by atoms with Gasteiger partial charge in [-0.3, -0.25) is 39.0 Å². The van der Waals surface area contributed by atoms with E-state index in [0.29, 0.717) is 16.3 Å². The molecule has 1 atom stereocenters. The topological polar surface area (TPSA) is 146 Å². The van der Waals surface area contributed by atoms with Crippen LogP contribution < -0.4 is 16.2 Å². The maximum absolute atomic E-state index is 12.9. The highest BCUT2D eigenvalue weighted by molar-refractivity contribution is 6.23. The molecule has 3 aromatic rings. The monoisotopic (exact) mass is 482 g/mol. The lowest BCUT2D eigenvalue weighted by molar-refractivity contribution is -0.136. The SMILES string of the molecule is O=C1CCC(N2C(=O)c3ccc(C#CCNC(=O)c4cc5ccccc5c(=O)[nH]4)cc3C2=O)C(=O)N1. The number of aromatic nitrogens is 1. The van der Waals surface area contributed by atoms with Crippen molar-refractivity contribution in [3.8, 4) is 11.8 Å². The maximum Gasteiger partial charge on any atom is 0.268 e. The molecule has 0 saturated carbocycles. The molecular formula is C26H18N4O6. The van der Waals surface area contributed by atoms with Crippen molar-refractivity contribution in [2.75, 3.05) is 6.54 Å². The molecule has 5 amide bonds. The molecule has 3 heterocycles. The zero-order valence-corrected chi connectivity index (χ0v) is 18.7. The third-order valence-electron chi connectivity index (χ3n) is 6.01. The van der Waals surface area contributed by atoms with Gasteiger partial charge in [0.2, 0.25) is 11.8 Å². The van der Waals surface area contributed by atoms with Gasteiger partial charge in [0.25, 0.3) is 23.3 Å². The summed E-state index contributed by atoms with van der Waals surface area (Å²) in [7, 11) is 0. The third-order valence-corrected chi connectivity index (χ3v) is 6.01. The van der Waals surface area contributed by atoms with Gasteiger partial charge in [-0.15, -0.1) is 0 Å². The fraction of sp³-hybridized carbons (Fsp3) is 0.154. The number of carbonyl (C=O) groups is 5. The summed E-state index contributed by atoms with van der Waals surface area (Å²) < 4.78 is 0. The number of H-pyrrole nitrogens is 1. The lowest BCUT2D eigenvalue weighted by Crippen LogP contribution is -2.54. The Morgan fingerprint density at radius 2 is 1.78 bits per heavy atom. The van der Waals surface area contributed by atoms with Crippen LogP contribution in [0.4, 0.5) is 0 Å². The number of benzene rings is 2. The molecule has 2 aliphatic heterocycles. The molecule has 5 rings (SSSR count). The summed E-state index contributed by atoms with van der Waals surface area (Å²) in [5.41, 5.74) is 0.454. The number of nitrogens with zero attached hydrogens (tertiary/aromatic N) is 1. The molecule has 1 aromatic heterocycles. The first kappa shape index (κ1) is 22.7. The maximum atomic E-state index is 12.9. The van der Waals surface area contributed by atoms with Gasteiger partial charge in [0.05, 0.1) is 17.7 Å². The molecular weight excluding hydrogens is 464 g/mol. The van der Waals surface area contributed by atoms with Gasteiger partial charge in [-0.2, -0.15) is 0 Å². The van der Waals surface area contributed by atoms with Crippen LogP contribution in [-0.2, 0) is 9.59 Å². The summed E-state index contributed by atoms with van der Waals surface area (Å²) in [6, 6.07) is 11.9. The molecule has 0 bridgehead atoms. The third kappa shape index (κ3) is 4.03. The molecule has 1 fully saturated rings. The number of fused-ring (bicyclic) bond motifs is 2. The van der Waals surface area contributed by atoms with Crippen molar-refractivity contribution in [1.82, 2.24) is 20.5 Å². The van der Waals surface area contributed by atoms with Gasteiger partial charge in [0, 0.05) is 17.4 Å². The molecule has 3 N–H and O–H groups in total. The highest BCUT2D eigenvalue weighted by atomic mass is 16.2. The minimum absolute atomic E-state index is 0.0277. The first-order chi connectivity index (χ1) is 17.3. The van der Waals surface area contributed by atoms with Gasteiger partial charge < -0.3 is 10.3 Å². The van der Waals surface area contributed by atoms with Crippen LogP contribution in [0.3, 0.4) is 0 Å². The molecule has 0 spiro atoms. The average Bonchev–Trinajstić information content (AvgIpc) is 3.11. The second-order valence-corrected chi connectivity index (χ2v) is 8.29. The van der Waals surface area contributed by atoms with E-state index in [1.807, 2.05) is 0 Å². The highest BCUT2D eigenvalue weighted by Crippen LogP contribution is 2.28. The first-order valence-electron chi connectivity index (χ1n) is 11.1. The molecule has 2 aliphatic rings. The number of hydrogen-bond donors (Lipinski definition) is 3. The predicted molar refractivity (Wildman–Crippen MR) is 127 cm³/mol. The Hall–Kier alpha value is -5.04. The van der Waals surface area contributed by atoms with E-state index in [1.165, 1.54) is 12.1 Å². The van der Waals surface area contributed by atoms with Crippen molar-refractivity contribution in [1.29, 1.82) is 0 Å². The van der Waals surface area contributed by atoms with Crippen LogP contribution in [0.5, 0.6) is 0 Å². The normalized spacial score (nSPS) is 16.9. The molecule has 1 unspecified atom stereocenters. The summed E-state index contributed by atoms with van der Waals surface area (Å²) in [5.74, 6) is 2.76. The number of amides is 5. The number of rotatable bonds is 3. The zero-order chi connectivity index (χ0) is 25.4. The summed E-state index contributed by atoms with van der Waals surface area (Å²) >= 11 is 0. The van der Waals surface area contributed by atoms with Crippen LogP contribution in [0, 0.1) is 11.8 Å². The Kier molecular flexibility index (Phi) is 5.66. The van der Waals surface area contributed by atoms with E-state index < -0.39 is 35.6 Å². The van der Waals surface area contributed by atoms with Crippen LogP contribution in [0.2, 0.25) is 0 Å². The van der Waals surface area contributed by atoms with Crippen LogP contribution in [0.15, 0.2) is 53.3 Å². The lowest BCUT2D eigenvalue weighted by atomic mass is 10.0. The number of pyridine rings is 1. The summed E-state index contributed by atoms with van der Waals surface area (Å²) in [4.78, 5) is 77.2. The van der Waals surface area contributed by atoms with E-state index >= 15 is 0 Å². The number of nitrogens with one attached hydrogen (secondary N) is 3. The Balaban J connectivity index is 1.27. The van der Waals surface area contributed by atoms with Crippen molar-refractivity contribution >= 4 is 40.3 Å². The van der Waals surface area contributed by atoms with E-state index in [-0.39, 0.29) is 41.8 Å². The van der Waals surface area contributed by atoms with Crippen molar-refractivity contribution in [3.63, 3.8) is 0 Å². The first-order valence-corrected chi connectivity index (χ1v) is 11.1. The molecule has 0 radical (unpaired) electrons. The van der Waals surface area contributed by atoms with Crippen molar-refractivity contribution < 1.29 is 24.0 Å². The zero-order valence-electron chi connectivity index (χ0n) is 18.7. The van der Waals surface area contributed by atoms with Gasteiger partial charge in [-0.1, -0.05) is 30.0 Å². The number of imide groups is 2. The fourth-order valence-electron chi connectivity index (χ4n) is 4.25. The van der Waals surface area contributed by atoms with Gasteiger partial charge in [0.15, 0.2) is 0 Å². The largest absolute Gasteiger partial charge is 0.340 e. The van der Waals surface area contributed by atoms with Crippen LogP contribution >= 0.6 is 0 Å². The van der Waals surface area contributed by atoms with Gasteiger partial charge in [-0.25, -0.2) is 0 Å². The molecule has 0 aliphatic carbocycles. The van der Waals surface area contributed by atoms with E-state index in [9.17, 15) is 28.8 Å². The minimum atomic E-state index is -1.04. The Morgan fingerprint density at radius 3 is 2.58 bits per heavy atom. The quantitative estimate of drug-likeness (QED) is 0.370. The summed E-state index contributed by atoms with van der Waals surface area (Å²) in [5, 5.41) is 5.88. The number of piperidine rings is 1. The second-order valence-electron chi connectivity index (χ2n) is 8.29. The van der Waals surface area contributed by atoms with Crippen LogP contribution in [0.1, 0.15) is 49.6 Å². The lowest BCUT2D eigenvalue weighted by Gasteiger charge is -2.27. The van der Waals surface area contributed by atoms with Crippen molar-refractivity contribution in [2.24, 2.45) is 0 Å². The number of carbonyl (C=O) groups excluding carboxylic acids is 5. The summed E-state index contributed by atoms with van der Waals surface area (Å²) in [6.07, 6.45) is 0.115. The Bertz CT molecular complexity index is 1610. The van der Waals surface area contributed by atoms with Crippen LogP contribution in [-0.4, -0.2) is 52.0 Å². The molecule has 36 heavy (non-hydrogen) atoms. The predicted octanol–water partition coefficient (Wildman–Crippen LogP) is 0.711. The highest BCUT2D eigenvalue weighted by Gasteiger charge is 2.44. The fourth-order valence-corrected chi connectivity index (χ4v) is 4.25. The van der Waals surface area contributed by atoms with E-state index in [0.717, 1.165) is 4.90 Å². The van der Waals surface area contributed by atoms with Gasteiger partial charge in [0.1, 0.15) is 11.7 Å². The average molecular weight is 482 g/mol. The van der Waals surface area contributed by atoms with E-state index in [4.69, 9.17) is 0 Å². The smallest absolute Gasteiger partial charge is 0.268 e. The molecule has 2 aromatic carbocycles. The Morgan fingerprint density at radius 1 is 1.00 bits per heavy atom. The van der Waals surface area contributed by atoms with Gasteiger partial charge in [-0.05, 0) is 42.1 Å². The number of aromatic amines is 1. The van der Waals surface area contributed by atoms with Crippen molar-refractivity contribution in [3.05, 3.63) is 81.3 Å². The summed E-state index contributed by atoms with van der Waals surface area (Å²) in [6.45, 7) is -0.0277. The molecule has 1 saturated heterocycles. The van der Waals surface area contributed by atoms with Crippen LogP contribution in [0.25, 0.3) is 10.8 Å². The molecule has 10 nitrogen and oxygen atoms in total. The van der Waals surface area contributed by atoms with E-state index in [2.05, 4.69) is 27.5 Å². The second kappa shape index (κ2) is 8.96. The number of hydrogen-bond acceptors (Lipinski definition) is 6. The standard InChI is InChI=1S/C26H18N4O6/c31-21-10-9-20(24(34)29-21)30-25(35)17-8-7-14(12-18(17)26(30)36)4-3-11-27-23(33)19-13-15-5-1-2-6-16(15)22(32)28-19/h1-2,5-8,12-13,20H,9-11H2,(H,27,33)(H,28,32)(H,29,31,34). The molecule has 178 valence electrons. The molecule has 10 heteroatoms. The Labute approximate surface area is 203 Å². The van der Waals surface area contributed by atoms with Crippen molar-refractivity contribution in [2.45, 2.75) is 18.9 Å². The minimum Gasteiger partial charge on any atom is -0.340 e. The van der Waals surface area contributed by atoms with Gasteiger partial charge >= 0.3 is 0 Å². The van der Waals surface area contributed by atoms with E-state index in [1.54, 1.807) is 36.4 Å².